The summed E-state index contributed by atoms with van der Waals surface area (Å²) in [5, 5.41) is 9.11. The van der Waals surface area contributed by atoms with Crippen molar-refractivity contribution >= 4 is 5.97 Å². The summed E-state index contributed by atoms with van der Waals surface area (Å²) in [4.78, 5) is 13.2. The van der Waals surface area contributed by atoms with Gasteiger partial charge < -0.3 is 5.11 Å². The highest BCUT2D eigenvalue weighted by Crippen LogP contribution is 2.15. The average molecular weight is 199 g/mol. The van der Waals surface area contributed by atoms with Crippen LogP contribution >= 0.6 is 0 Å². The van der Waals surface area contributed by atoms with E-state index >= 15 is 0 Å². The molecule has 0 aromatic carbocycles. The molecule has 1 heterocycles. The summed E-state index contributed by atoms with van der Waals surface area (Å²) >= 11 is 0. The predicted molar refractivity (Wildman–Crippen MR) is 56.4 cm³/mol. The monoisotopic (exact) mass is 199 g/mol. The van der Waals surface area contributed by atoms with E-state index in [1.165, 1.54) is 12.8 Å². The van der Waals surface area contributed by atoms with Crippen LogP contribution in [0.5, 0.6) is 0 Å². The molecule has 0 amide bonds. The number of rotatable bonds is 4. The third kappa shape index (κ3) is 3.29. The van der Waals surface area contributed by atoms with Gasteiger partial charge >= 0.3 is 5.97 Å². The summed E-state index contributed by atoms with van der Waals surface area (Å²) in [7, 11) is 0. The molecule has 0 saturated carbocycles. The Labute approximate surface area is 86.1 Å². The summed E-state index contributed by atoms with van der Waals surface area (Å²) in [6.07, 6.45) is 6.58. The number of carboxylic acid groups (broad SMARTS) is 1. The Bertz CT molecular complexity index is 174. The van der Waals surface area contributed by atoms with E-state index in [9.17, 15) is 4.79 Å². The van der Waals surface area contributed by atoms with Crippen molar-refractivity contribution in [2.45, 2.75) is 51.5 Å². The average Bonchev–Trinajstić information content (AvgIpc) is 2.41. The lowest BCUT2D eigenvalue weighted by Gasteiger charge is -2.26. The first-order chi connectivity index (χ1) is 6.75. The normalized spacial score (nSPS) is 21.5. The predicted octanol–water partition coefficient (Wildman–Crippen LogP) is 2.12. The van der Waals surface area contributed by atoms with Crippen molar-refractivity contribution in [1.29, 1.82) is 0 Å². The minimum atomic E-state index is -0.645. The molecule has 1 atom stereocenters. The molecule has 0 aliphatic carbocycles. The van der Waals surface area contributed by atoms with Crippen molar-refractivity contribution in [3.63, 3.8) is 0 Å². The third-order valence-electron chi connectivity index (χ3n) is 2.93. The number of carboxylic acids is 1. The van der Waals surface area contributed by atoms with Crippen LogP contribution in [-0.2, 0) is 4.79 Å². The molecule has 14 heavy (non-hydrogen) atoms. The molecule has 82 valence electrons. The number of hydrogen-bond donors (Lipinski definition) is 1. The van der Waals surface area contributed by atoms with Crippen molar-refractivity contribution in [1.82, 2.24) is 4.90 Å². The number of likely N-dealkylation sites (tertiary alicyclic amines) is 1. The van der Waals surface area contributed by atoms with E-state index in [2.05, 4.69) is 4.90 Å². The van der Waals surface area contributed by atoms with Crippen molar-refractivity contribution in [3.05, 3.63) is 0 Å². The minimum Gasteiger partial charge on any atom is -0.480 e. The summed E-state index contributed by atoms with van der Waals surface area (Å²) in [5.74, 6) is -0.645. The second kappa shape index (κ2) is 6.02. The highest BCUT2D eigenvalue weighted by atomic mass is 16.4. The molecule has 1 rings (SSSR count). The van der Waals surface area contributed by atoms with Gasteiger partial charge in [0, 0.05) is 0 Å². The molecule has 1 aliphatic rings. The van der Waals surface area contributed by atoms with Gasteiger partial charge in [-0.05, 0) is 32.4 Å². The molecule has 0 bridgehead atoms. The van der Waals surface area contributed by atoms with Crippen molar-refractivity contribution in [2.75, 3.05) is 13.1 Å². The third-order valence-corrected chi connectivity index (χ3v) is 2.93. The Balaban J connectivity index is 2.51. The smallest absolute Gasteiger partial charge is 0.320 e. The maximum Gasteiger partial charge on any atom is 0.320 e. The molecular formula is C11H21NO2. The van der Waals surface area contributed by atoms with Crippen LogP contribution in [0.2, 0.25) is 0 Å². The molecule has 1 N–H and O–H groups in total. The fourth-order valence-electron chi connectivity index (χ4n) is 2.14. The molecule has 1 fully saturated rings. The van der Waals surface area contributed by atoms with Gasteiger partial charge in [-0.25, -0.2) is 0 Å². The number of nitrogens with zero attached hydrogens (tertiary/aromatic N) is 1. The van der Waals surface area contributed by atoms with Crippen LogP contribution < -0.4 is 0 Å². The van der Waals surface area contributed by atoms with Gasteiger partial charge in [0.2, 0.25) is 0 Å². The van der Waals surface area contributed by atoms with Crippen molar-refractivity contribution < 1.29 is 9.90 Å². The zero-order chi connectivity index (χ0) is 10.4. The first-order valence-corrected chi connectivity index (χ1v) is 5.72. The second-order valence-electron chi connectivity index (χ2n) is 4.09. The molecule has 3 nitrogen and oxygen atoms in total. The molecule has 1 aliphatic heterocycles. The van der Waals surface area contributed by atoms with Gasteiger partial charge in [0.1, 0.15) is 6.04 Å². The summed E-state index contributed by atoms with van der Waals surface area (Å²) in [6.45, 7) is 3.99. The summed E-state index contributed by atoms with van der Waals surface area (Å²) in [5.41, 5.74) is 0. The second-order valence-corrected chi connectivity index (χ2v) is 4.09. The molecular weight excluding hydrogens is 178 g/mol. The fourth-order valence-corrected chi connectivity index (χ4v) is 2.14. The van der Waals surface area contributed by atoms with E-state index in [4.69, 9.17) is 5.11 Å². The van der Waals surface area contributed by atoms with Gasteiger partial charge in [-0.15, -0.1) is 0 Å². The lowest BCUT2D eigenvalue weighted by Crippen LogP contribution is -2.41. The van der Waals surface area contributed by atoms with Crippen LogP contribution in [0.25, 0.3) is 0 Å². The maximum absolute atomic E-state index is 11.1. The van der Waals surface area contributed by atoms with Crippen molar-refractivity contribution in [3.8, 4) is 0 Å². The van der Waals surface area contributed by atoms with Gasteiger partial charge in [0.15, 0.2) is 0 Å². The van der Waals surface area contributed by atoms with E-state index in [1.54, 1.807) is 0 Å². The Morgan fingerprint density at radius 2 is 1.86 bits per heavy atom. The van der Waals surface area contributed by atoms with Crippen LogP contribution in [-0.4, -0.2) is 35.1 Å². The molecule has 0 spiro atoms. The molecule has 1 saturated heterocycles. The van der Waals surface area contributed by atoms with Crippen LogP contribution in [0.4, 0.5) is 0 Å². The first-order valence-electron chi connectivity index (χ1n) is 5.72. The van der Waals surface area contributed by atoms with Crippen molar-refractivity contribution in [2.24, 2.45) is 0 Å². The van der Waals surface area contributed by atoms with Gasteiger partial charge in [0.05, 0.1) is 0 Å². The maximum atomic E-state index is 11.1. The highest BCUT2D eigenvalue weighted by molar-refractivity contribution is 5.73. The lowest BCUT2D eigenvalue weighted by atomic mass is 10.1. The molecule has 1 unspecified atom stereocenters. The fraction of sp³-hybridized carbons (Fsp3) is 0.909. The van der Waals surface area contributed by atoms with Gasteiger partial charge in [-0.2, -0.15) is 0 Å². The number of hydrogen-bond acceptors (Lipinski definition) is 2. The SMILES string of the molecule is CCCC(C(=O)O)N1CCCCCC1. The quantitative estimate of drug-likeness (QED) is 0.754. The van der Waals surface area contributed by atoms with Gasteiger partial charge in [-0.1, -0.05) is 26.2 Å². The number of aliphatic carboxylic acids is 1. The zero-order valence-corrected chi connectivity index (χ0v) is 9.04. The van der Waals surface area contributed by atoms with Crippen LogP contribution in [0, 0.1) is 0 Å². The topological polar surface area (TPSA) is 40.5 Å². The van der Waals surface area contributed by atoms with Crippen LogP contribution in [0.1, 0.15) is 45.4 Å². The molecule has 0 radical (unpaired) electrons. The standard InChI is InChI=1S/C11H21NO2/c1-2-7-10(11(13)14)12-8-5-3-4-6-9-12/h10H,2-9H2,1H3,(H,13,14). The van der Waals surface area contributed by atoms with E-state index in [0.29, 0.717) is 0 Å². The van der Waals surface area contributed by atoms with E-state index in [1.807, 2.05) is 6.92 Å². The summed E-state index contributed by atoms with van der Waals surface area (Å²) in [6, 6.07) is -0.238. The Hall–Kier alpha value is -0.570. The largest absolute Gasteiger partial charge is 0.480 e. The molecule has 3 heteroatoms. The Morgan fingerprint density at radius 3 is 2.29 bits per heavy atom. The van der Waals surface area contributed by atoms with E-state index in [0.717, 1.165) is 38.8 Å². The minimum absolute atomic E-state index is 0.238. The lowest BCUT2D eigenvalue weighted by molar-refractivity contribution is -0.143. The van der Waals surface area contributed by atoms with E-state index in [-0.39, 0.29) is 6.04 Å². The van der Waals surface area contributed by atoms with Gasteiger partial charge in [0.25, 0.3) is 0 Å². The summed E-state index contributed by atoms with van der Waals surface area (Å²) < 4.78 is 0. The zero-order valence-electron chi connectivity index (χ0n) is 9.04. The van der Waals surface area contributed by atoms with Crippen LogP contribution in [0.15, 0.2) is 0 Å². The Kier molecular flexibility index (Phi) is 4.94. The van der Waals surface area contributed by atoms with Crippen LogP contribution in [0.3, 0.4) is 0 Å². The molecule has 0 aromatic heterocycles. The van der Waals surface area contributed by atoms with Gasteiger partial charge in [-0.3, -0.25) is 9.69 Å². The molecule has 0 aromatic rings. The Morgan fingerprint density at radius 1 is 1.29 bits per heavy atom. The first kappa shape index (κ1) is 11.5. The highest BCUT2D eigenvalue weighted by Gasteiger charge is 2.24. The number of carbonyl (C=O) groups is 1. The van der Waals surface area contributed by atoms with E-state index < -0.39 is 5.97 Å².